The number of benzene rings is 1. The van der Waals surface area contributed by atoms with Gasteiger partial charge in [-0.25, -0.2) is 0 Å². The molecule has 0 bridgehead atoms. The Morgan fingerprint density at radius 2 is 2.00 bits per heavy atom. The molecule has 2 aromatic heterocycles. The van der Waals surface area contributed by atoms with Crippen LogP contribution in [0.2, 0.25) is 5.02 Å². The van der Waals surface area contributed by atoms with Crippen molar-refractivity contribution in [3.05, 3.63) is 50.8 Å². The molecule has 24 heavy (non-hydrogen) atoms. The zero-order valence-corrected chi connectivity index (χ0v) is 12.8. The van der Waals surface area contributed by atoms with E-state index < -0.39 is 11.5 Å². The molecule has 0 aliphatic carbocycles. The number of nitrogen functional groups attached to an aromatic ring is 2. The Hall–Kier alpha value is -3.51. The van der Waals surface area contributed by atoms with Crippen LogP contribution in [0, 0.1) is 11.3 Å². The fourth-order valence-electron chi connectivity index (χ4n) is 2.22. The molecule has 9 nitrogen and oxygen atoms in total. The molecule has 0 unspecified atom stereocenters. The summed E-state index contributed by atoms with van der Waals surface area (Å²) in [7, 11) is 0. The zero-order valence-electron chi connectivity index (χ0n) is 12.0. The van der Waals surface area contributed by atoms with Crippen molar-refractivity contribution in [1.29, 1.82) is 5.26 Å². The van der Waals surface area contributed by atoms with Gasteiger partial charge in [0, 0.05) is 10.6 Å². The number of amides is 1. The summed E-state index contributed by atoms with van der Waals surface area (Å²) in [5, 5.41) is 16.1. The van der Waals surface area contributed by atoms with Gasteiger partial charge in [-0.15, -0.1) is 0 Å². The van der Waals surface area contributed by atoms with Crippen LogP contribution in [0.25, 0.3) is 10.9 Å². The predicted molar refractivity (Wildman–Crippen MR) is 89.0 cm³/mol. The fourth-order valence-corrected chi connectivity index (χ4v) is 2.34. The highest BCUT2D eigenvalue weighted by atomic mass is 35.5. The van der Waals surface area contributed by atoms with Gasteiger partial charge in [-0.05, 0) is 24.3 Å². The number of rotatable bonds is 2. The first-order chi connectivity index (χ1) is 11.4. The van der Waals surface area contributed by atoms with E-state index >= 15 is 0 Å². The number of nitrogens with zero attached hydrogens (tertiary/aromatic N) is 3. The fraction of sp³-hybridized carbons (Fsp3) is 0. The zero-order chi connectivity index (χ0) is 17.4. The Kier molecular flexibility index (Phi) is 3.59. The average molecular weight is 344 g/mol. The number of nitrogens with two attached hydrogens (primary N) is 2. The summed E-state index contributed by atoms with van der Waals surface area (Å²) in [5.41, 5.74) is 13.3. The van der Waals surface area contributed by atoms with Gasteiger partial charge < -0.3 is 11.5 Å². The lowest BCUT2D eigenvalue weighted by atomic mass is 10.2. The molecular formula is C14H10ClN7O2. The van der Waals surface area contributed by atoms with Gasteiger partial charge in [0.2, 0.25) is 0 Å². The van der Waals surface area contributed by atoms with Crippen LogP contribution in [0.5, 0.6) is 0 Å². The van der Waals surface area contributed by atoms with Crippen LogP contribution in [0.15, 0.2) is 29.1 Å². The topological polar surface area (TPSA) is 156 Å². The number of nitrogens with one attached hydrogen (secondary N) is 2. The van der Waals surface area contributed by atoms with Crippen molar-refractivity contribution in [1.82, 2.24) is 14.9 Å². The number of fused-ring (bicyclic) bond motifs is 1. The maximum Gasteiger partial charge on any atom is 0.291 e. The maximum atomic E-state index is 12.4. The number of carbonyl (C=O) groups excluding carboxylic acids is 1. The standard InChI is InChI=1S/C14H10ClN7O2/c15-7-3-1-6(2-4-7)13(23)21-22-12(18)9-10(19-20-11(9)17)8(5-16)14(22)24/h1-4,19H,18H2,(H2,17,20)(H,21,23). The van der Waals surface area contributed by atoms with Crippen molar-refractivity contribution in [2.24, 2.45) is 0 Å². The first-order valence-electron chi connectivity index (χ1n) is 6.59. The molecule has 0 aliphatic rings. The molecule has 1 aromatic carbocycles. The molecule has 3 rings (SSSR count). The van der Waals surface area contributed by atoms with E-state index in [-0.39, 0.29) is 33.7 Å². The highest BCUT2D eigenvalue weighted by Gasteiger charge is 2.20. The molecule has 2 heterocycles. The van der Waals surface area contributed by atoms with Crippen LogP contribution in [0.4, 0.5) is 11.6 Å². The summed E-state index contributed by atoms with van der Waals surface area (Å²) < 4.78 is 0.768. The molecule has 0 radical (unpaired) electrons. The first kappa shape index (κ1) is 15.4. The number of aromatic nitrogens is 3. The summed E-state index contributed by atoms with van der Waals surface area (Å²) >= 11 is 5.77. The maximum absolute atomic E-state index is 12.4. The van der Waals surface area contributed by atoms with E-state index in [2.05, 4.69) is 15.6 Å². The third-order valence-electron chi connectivity index (χ3n) is 3.39. The highest BCUT2D eigenvalue weighted by Crippen LogP contribution is 2.24. The van der Waals surface area contributed by atoms with E-state index in [1.807, 2.05) is 0 Å². The Labute approximate surface area is 139 Å². The number of anilines is 2. The SMILES string of the molecule is N#Cc1c(=O)n(NC(=O)c2ccc(Cl)cc2)c(N)c2c(N)n[nH]c12. The van der Waals surface area contributed by atoms with Crippen LogP contribution in [0.3, 0.4) is 0 Å². The number of hydrogen-bond acceptors (Lipinski definition) is 6. The quantitative estimate of drug-likeness (QED) is 0.539. The molecule has 0 spiro atoms. The van der Waals surface area contributed by atoms with E-state index in [1.165, 1.54) is 24.3 Å². The third kappa shape index (κ3) is 2.31. The van der Waals surface area contributed by atoms with Gasteiger partial charge in [0.25, 0.3) is 11.5 Å². The molecule has 1 amide bonds. The van der Waals surface area contributed by atoms with Crippen LogP contribution >= 0.6 is 11.6 Å². The Bertz CT molecular complexity index is 1060. The second kappa shape index (κ2) is 5.60. The van der Waals surface area contributed by atoms with Crippen LogP contribution < -0.4 is 22.5 Å². The van der Waals surface area contributed by atoms with E-state index in [4.69, 9.17) is 23.1 Å². The summed E-state index contributed by atoms with van der Waals surface area (Å²) in [5.74, 6) is -0.734. The van der Waals surface area contributed by atoms with Gasteiger partial charge in [-0.1, -0.05) is 11.6 Å². The van der Waals surface area contributed by atoms with Gasteiger partial charge in [0.15, 0.2) is 5.82 Å². The lowest BCUT2D eigenvalue weighted by Crippen LogP contribution is -2.36. The number of aromatic amines is 1. The van der Waals surface area contributed by atoms with Crippen LogP contribution in [0.1, 0.15) is 15.9 Å². The molecule has 6 N–H and O–H groups in total. The van der Waals surface area contributed by atoms with Gasteiger partial charge in [-0.3, -0.25) is 20.1 Å². The predicted octanol–water partition coefficient (Wildman–Crippen LogP) is 0.798. The minimum absolute atomic E-state index is 0.00786. The number of H-pyrrole nitrogens is 1. The van der Waals surface area contributed by atoms with E-state index in [0.717, 1.165) is 4.68 Å². The van der Waals surface area contributed by atoms with Crippen LogP contribution in [-0.4, -0.2) is 20.8 Å². The summed E-state index contributed by atoms with van der Waals surface area (Å²) in [6.07, 6.45) is 0. The Balaban J connectivity index is 2.14. The van der Waals surface area contributed by atoms with Gasteiger partial charge >= 0.3 is 0 Å². The highest BCUT2D eigenvalue weighted by molar-refractivity contribution is 6.30. The summed E-state index contributed by atoms with van der Waals surface area (Å²) in [6.45, 7) is 0. The largest absolute Gasteiger partial charge is 0.383 e. The summed E-state index contributed by atoms with van der Waals surface area (Å²) in [4.78, 5) is 24.7. The molecule has 0 aliphatic heterocycles. The number of pyridine rings is 1. The van der Waals surface area contributed by atoms with Gasteiger partial charge in [-0.2, -0.15) is 15.0 Å². The lowest BCUT2D eigenvalue weighted by molar-refractivity contribution is 0.101. The molecule has 0 atom stereocenters. The second-order valence-corrected chi connectivity index (χ2v) is 5.26. The molecule has 0 fully saturated rings. The van der Waals surface area contributed by atoms with E-state index in [0.29, 0.717) is 5.02 Å². The van der Waals surface area contributed by atoms with Crippen molar-refractivity contribution in [2.45, 2.75) is 0 Å². The second-order valence-electron chi connectivity index (χ2n) is 4.82. The number of halogens is 1. The monoisotopic (exact) mass is 343 g/mol. The minimum Gasteiger partial charge on any atom is -0.383 e. The molecule has 0 saturated carbocycles. The van der Waals surface area contributed by atoms with Gasteiger partial charge in [0.1, 0.15) is 17.5 Å². The van der Waals surface area contributed by atoms with Crippen molar-refractivity contribution in [2.75, 3.05) is 16.9 Å². The smallest absolute Gasteiger partial charge is 0.291 e. The van der Waals surface area contributed by atoms with Crippen molar-refractivity contribution in [3.8, 4) is 6.07 Å². The average Bonchev–Trinajstić information content (AvgIpc) is 2.94. The van der Waals surface area contributed by atoms with E-state index in [1.54, 1.807) is 6.07 Å². The van der Waals surface area contributed by atoms with Crippen molar-refractivity contribution in [3.63, 3.8) is 0 Å². The Morgan fingerprint density at radius 1 is 1.33 bits per heavy atom. The Morgan fingerprint density at radius 3 is 2.62 bits per heavy atom. The minimum atomic E-state index is -0.798. The molecular weight excluding hydrogens is 334 g/mol. The van der Waals surface area contributed by atoms with Crippen LogP contribution in [-0.2, 0) is 0 Å². The van der Waals surface area contributed by atoms with Gasteiger partial charge in [0.05, 0.1) is 10.9 Å². The normalized spacial score (nSPS) is 10.5. The molecule has 10 heteroatoms. The molecule has 0 saturated heterocycles. The summed E-state index contributed by atoms with van der Waals surface area (Å²) in [6, 6.07) is 7.77. The van der Waals surface area contributed by atoms with Crippen molar-refractivity contribution < 1.29 is 4.79 Å². The first-order valence-corrected chi connectivity index (χ1v) is 6.97. The van der Waals surface area contributed by atoms with Crippen molar-refractivity contribution >= 4 is 40.0 Å². The lowest BCUT2D eigenvalue weighted by Gasteiger charge is -2.12. The number of carbonyl (C=O) groups is 1. The molecule has 3 aromatic rings. The third-order valence-corrected chi connectivity index (χ3v) is 3.64. The number of hydrogen-bond donors (Lipinski definition) is 4. The van der Waals surface area contributed by atoms with E-state index in [9.17, 15) is 14.9 Å². The number of nitriles is 1. The molecule has 120 valence electrons.